The highest BCUT2D eigenvalue weighted by Gasteiger charge is 2.12. The maximum absolute atomic E-state index is 11.6. The number of ether oxygens (including phenoxy) is 1. The van der Waals surface area contributed by atoms with Crippen LogP contribution in [0.1, 0.15) is 25.3 Å². The first-order chi connectivity index (χ1) is 10.1. The predicted molar refractivity (Wildman–Crippen MR) is 80.7 cm³/mol. The summed E-state index contributed by atoms with van der Waals surface area (Å²) in [6.45, 7) is 2.29. The number of hydrogen-bond donors (Lipinski definition) is 3. The Bertz CT molecular complexity index is 460. The Morgan fingerprint density at radius 1 is 1.24 bits per heavy atom. The molecule has 0 saturated carbocycles. The van der Waals surface area contributed by atoms with Gasteiger partial charge in [0.05, 0.1) is 19.7 Å². The van der Waals surface area contributed by atoms with Crippen molar-refractivity contribution >= 4 is 11.8 Å². The zero-order valence-corrected chi connectivity index (χ0v) is 12.5. The lowest BCUT2D eigenvalue weighted by atomic mass is 10.2. The lowest BCUT2D eigenvalue weighted by Gasteiger charge is -2.11. The van der Waals surface area contributed by atoms with Gasteiger partial charge in [-0.15, -0.1) is 0 Å². The van der Waals surface area contributed by atoms with Gasteiger partial charge in [-0.2, -0.15) is 0 Å². The second kappa shape index (κ2) is 8.97. The third kappa shape index (κ3) is 6.27. The molecular weight excluding hydrogens is 270 g/mol. The number of hydrogen-bond acceptors (Lipinski definition) is 4. The molecule has 116 valence electrons. The van der Waals surface area contributed by atoms with Crippen molar-refractivity contribution in [1.29, 1.82) is 0 Å². The lowest BCUT2D eigenvalue weighted by Crippen LogP contribution is -2.44. The van der Waals surface area contributed by atoms with Gasteiger partial charge in [0.15, 0.2) is 0 Å². The third-order valence-electron chi connectivity index (χ3n) is 3.01. The van der Waals surface area contributed by atoms with Crippen LogP contribution in [0.3, 0.4) is 0 Å². The van der Waals surface area contributed by atoms with E-state index in [4.69, 9.17) is 10.5 Å². The van der Waals surface area contributed by atoms with Crippen molar-refractivity contribution in [3.05, 3.63) is 29.8 Å². The van der Waals surface area contributed by atoms with Gasteiger partial charge in [-0.05, 0) is 24.1 Å². The second-order valence-electron chi connectivity index (χ2n) is 4.74. The van der Waals surface area contributed by atoms with Crippen LogP contribution in [0.2, 0.25) is 0 Å². The van der Waals surface area contributed by atoms with Crippen LogP contribution in [-0.2, 0) is 16.1 Å². The molecule has 1 aromatic rings. The van der Waals surface area contributed by atoms with Gasteiger partial charge in [0.2, 0.25) is 11.8 Å². The minimum absolute atomic E-state index is 0.0631. The molecule has 0 aromatic heterocycles. The summed E-state index contributed by atoms with van der Waals surface area (Å²) in [5, 5.41) is 5.25. The summed E-state index contributed by atoms with van der Waals surface area (Å²) in [6, 6.07) is 6.84. The fraction of sp³-hybridized carbons (Fsp3) is 0.467. The highest BCUT2D eigenvalue weighted by molar-refractivity contribution is 5.87. The minimum Gasteiger partial charge on any atom is -0.497 e. The van der Waals surface area contributed by atoms with E-state index in [-0.39, 0.29) is 18.4 Å². The van der Waals surface area contributed by atoms with E-state index < -0.39 is 6.04 Å². The van der Waals surface area contributed by atoms with Gasteiger partial charge in [-0.3, -0.25) is 9.59 Å². The molecule has 1 aromatic carbocycles. The quantitative estimate of drug-likeness (QED) is 0.652. The Hall–Kier alpha value is -2.08. The first kappa shape index (κ1) is 17.0. The number of rotatable bonds is 8. The Morgan fingerprint density at radius 3 is 2.48 bits per heavy atom. The van der Waals surface area contributed by atoms with Crippen molar-refractivity contribution in [2.75, 3.05) is 13.7 Å². The molecule has 1 atom stereocenters. The third-order valence-corrected chi connectivity index (χ3v) is 3.01. The Balaban J connectivity index is 2.28. The van der Waals surface area contributed by atoms with E-state index in [0.717, 1.165) is 17.7 Å². The van der Waals surface area contributed by atoms with Crippen molar-refractivity contribution in [3.63, 3.8) is 0 Å². The molecule has 0 radical (unpaired) electrons. The first-order valence-electron chi connectivity index (χ1n) is 6.99. The van der Waals surface area contributed by atoms with Gasteiger partial charge in [0, 0.05) is 6.54 Å². The van der Waals surface area contributed by atoms with Crippen molar-refractivity contribution < 1.29 is 14.3 Å². The number of nitrogens with one attached hydrogen (secondary N) is 2. The highest BCUT2D eigenvalue weighted by Crippen LogP contribution is 2.10. The van der Waals surface area contributed by atoms with Gasteiger partial charge in [-0.1, -0.05) is 25.5 Å². The van der Waals surface area contributed by atoms with Crippen LogP contribution in [0, 0.1) is 0 Å². The van der Waals surface area contributed by atoms with Crippen LogP contribution in [0.5, 0.6) is 5.75 Å². The molecule has 6 heteroatoms. The second-order valence-corrected chi connectivity index (χ2v) is 4.74. The van der Waals surface area contributed by atoms with Crippen molar-refractivity contribution in [1.82, 2.24) is 10.6 Å². The van der Waals surface area contributed by atoms with Crippen molar-refractivity contribution in [3.8, 4) is 5.75 Å². The normalized spacial score (nSPS) is 11.6. The fourth-order valence-electron chi connectivity index (χ4n) is 1.75. The zero-order chi connectivity index (χ0) is 15.7. The Kier molecular flexibility index (Phi) is 7.25. The predicted octanol–water partition coefficient (Wildman–Crippen LogP) is 0.555. The smallest absolute Gasteiger partial charge is 0.239 e. The lowest BCUT2D eigenvalue weighted by molar-refractivity contribution is -0.127. The maximum atomic E-state index is 11.6. The molecule has 21 heavy (non-hydrogen) atoms. The summed E-state index contributed by atoms with van der Waals surface area (Å²) in [4.78, 5) is 23.2. The summed E-state index contributed by atoms with van der Waals surface area (Å²) < 4.78 is 5.06. The van der Waals surface area contributed by atoms with E-state index in [0.29, 0.717) is 13.0 Å². The number of carbonyl (C=O) groups is 2. The van der Waals surface area contributed by atoms with E-state index in [2.05, 4.69) is 10.6 Å². The molecule has 0 fully saturated rings. The van der Waals surface area contributed by atoms with Crippen LogP contribution in [0.15, 0.2) is 24.3 Å². The minimum atomic E-state index is -0.551. The van der Waals surface area contributed by atoms with Crippen LogP contribution in [0.25, 0.3) is 0 Å². The van der Waals surface area contributed by atoms with Gasteiger partial charge in [-0.25, -0.2) is 0 Å². The molecule has 0 aliphatic carbocycles. The fourth-order valence-corrected chi connectivity index (χ4v) is 1.75. The molecule has 6 nitrogen and oxygen atoms in total. The van der Waals surface area contributed by atoms with Gasteiger partial charge in [0.1, 0.15) is 5.75 Å². The molecule has 0 aliphatic heterocycles. The number of amides is 2. The molecule has 0 spiro atoms. The number of benzene rings is 1. The average Bonchev–Trinajstić information content (AvgIpc) is 2.51. The Labute approximate surface area is 125 Å². The van der Waals surface area contributed by atoms with Crippen LogP contribution in [0.4, 0.5) is 0 Å². The summed E-state index contributed by atoms with van der Waals surface area (Å²) >= 11 is 0. The van der Waals surface area contributed by atoms with E-state index in [1.807, 2.05) is 31.2 Å². The molecule has 0 aliphatic rings. The number of methoxy groups -OCH3 is 1. The molecule has 4 N–H and O–H groups in total. The molecule has 0 heterocycles. The Morgan fingerprint density at radius 2 is 1.90 bits per heavy atom. The number of nitrogens with two attached hydrogens (primary N) is 1. The topological polar surface area (TPSA) is 93.5 Å². The monoisotopic (exact) mass is 293 g/mol. The van der Waals surface area contributed by atoms with Crippen LogP contribution < -0.4 is 21.1 Å². The standard InChI is InChI=1S/C15H23N3O3/c1-3-4-13(16)15(20)18-10-14(19)17-9-11-5-7-12(21-2)8-6-11/h5-8,13H,3-4,9-10,16H2,1-2H3,(H,17,19)(H,18,20). The average molecular weight is 293 g/mol. The summed E-state index contributed by atoms with van der Waals surface area (Å²) in [5.41, 5.74) is 6.61. The summed E-state index contributed by atoms with van der Waals surface area (Å²) in [6.07, 6.45) is 1.44. The van der Waals surface area contributed by atoms with E-state index in [1.165, 1.54) is 0 Å². The van der Waals surface area contributed by atoms with E-state index in [9.17, 15) is 9.59 Å². The number of carbonyl (C=O) groups excluding carboxylic acids is 2. The van der Waals surface area contributed by atoms with Gasteiger partial charge >= 0.3 is 0 Å². The largest absolute Gasteiger partial charge is 0.497 e. The molecule has 1 rings (SSSR count). The molecule has 1 unspecified atom stereocenters. The molecule has 0 bridgehead atoms. The first-order valence-corrected chi connectivity index (χ1v) is 6.99. The molecular formula is C15H23N3O3. The van der Waals surface area contributed by atoms with Crippen molar-refractivity contribution in [2.24, 2.45) is 5.73 Å². The summed E-state index contributed by atoms with van der Waals surface area (Å²) in [7, 11) is 1.60. The highest BCUT2D eigenvalue weighted by atomic mass is 16.5. The maximum Gasteiger partial charge on any atom is 0.239 e. The van der Waals surface area contributed by atoms with Gasteiger partial charge in [0.25, 0.3) is 0 Å². The van der Waals surface area contributed by atoms with E-state index in [1.54, 1.807) is 7.11 Å². The SMILES string of the molecule is CCCC(N)C(=O)NCC(=O)NCc1ccc(OC)cc1. The van der Waals surface area contributed by atoms with Crippen LogP contribution in [-0.4, -0.2) is 31.5 Å². The zero-order valence-electron chi connectivity index (χ0n) is 12.5. The van der Waals surface area contributed by atoms with Gasteiger partial charge < -0.3 is 21.1 Å². The molecule has 2 amide bonds. The van der Waals surface area contributed by atoms with E-state index >= 15 is 0 Å². The van der Waals surface area contributed by atoms with Crippen molar-refractivity contribution in [2.45, 2.75) is 32.4 Å². The molecule has 0 saturated heterocycles. The van der Waals surface area contributed by atoms with Crippen LogP contribution >= 0.6 is 0 Å². The summed E-state index contributed by atoms with van der Waals surface area (Å²) in [5.74, 6) is 0.224.